The Kier molecular flexibility index (Phi) is 5.05. The number of nitrogens with zero attached hydrogens (tertiary/aromatic N) is 2. The maximum atomic E-state index is 5.04. The second-order valence-corrected chi connectivity index (χ2v) is 8.10. The third-order valence-corrected chi connectivity index (χ3v) is 5.63. The fourth-order valence-electron chi connectivity index (χ4n) is 4.29. The number of aryl methyl sites for hydroxylation is 2. The van der Waals surface area contributed by atoms with Crippen LogP contribution in [0.2, 0.25) is 0 Å². The highest BCUT2D eigenvalue weighted by atomic mass is 14.8. The lowest BCUT2D eigenvalue weighted by Crippen LogP contribution is -2.00. The molecule has 150 valence electrons. The van der Waals surface area contributed by atoms with Gasteiger partial charge in [0.15, 0.2) is 0 Å². The molecule has 0 spiro atoms. The first-order valence-electron chi connectivity index (χ1n) is 10.6. The summed E-state index contributed by atoms with van der Waals surface area (Å²) >= 11 is 0. The van der Waals surface area contributed by atoms with Crippen LogP contribution in [0.5, 0.6) is 0 Å². The van der Waals surface area contributed by atoms with Gasteiger partial charge in [0, 0.05) is 18.2 Å². The van der Waals surface area contributed by atoms with Gasteiger partial charge in [-0.2, -0.15) is 0 Å². The fraction of sp³-hybridized carbons (Fsp3) is 0.103. The van der Waals surface area contributed by atoms with Crippen molar-refractivity contribution in [2.75, 3.05) is 0 Å². The van der Waals surface area contributed by atoms with E-state index in [2.05, 4.69) is 98.8 Å². The Labute approximate surface area is 183 Å². The van der Waals surface area contributed by atoms with Gasteiger partial charge < -0.3 is 0 Å². The third kappa shape index (κ3) is 3.97. The smallest absolute Gasteiger partial charge is 0.0754 e. The minimum Gasteiger partial charge on any atom is -0.255 e. The molecular weight excluding hydrogens is 376 g/mol. The van der Waals surface area contributed by atoms with Crippen LogP contribution in [-0.4, -0.2) is 11.9 Å². The number of rotatable bonds is 4. The number of benzene rings is 4. The summed E-state index contributed by atoms with van der Waals surface area (Å²) in [6, 6.07) is 31.9. The summed E-state index contributed by atoms with van der Waals surface area (Å²) in [5.41, 5.74) is 11.6. The van der Waals surface area contributed by atoms with E-state index in [1.807, 2.05) is 12.3 Å². The Balaban J connectivity index is 1.58. The maximum absolute atomic E-state index is 5.04. The minimum absolute atomic E-state index is 0.786. The van der Waals surface area contributed by atoms with Crippen molar-refractivity contribution in [3.8, 4) is 22.3 Å². The summed E-state index contributed by atoms with van der Waals surface area (Å²) in [6.07, 6.45) is 2.71. The number of hydrogen-bond acceptors (Lipinski definition) is 2. The Morgan fingerprint density at radius 2 is 1.29 bits per heavy atom. The highest BCUT2D eigenvalue weighted by molar-refractivity contribution is 6.34. The van der Waals surface area contributed by atoms with Crippen molar-refractivity contribution >= 4 is 23.3 Å². The zero-order valence-corrected chi connectivity index (χ0v) is 17.8. The van der Waals surface area contributed by atoms with Crippen LogP contribution in [0.4, 0.5) is 11.4 Å². The Hall–Kier alpha value is -3.78. The van der Waals surface area contributed by atoms with Crippen molar-refractivity contribution in [3.05, 3.63) is 108 Å². The molecule has 0 aromatic heterocycles. The van der Waals surface area contributed by atoms with Crippen LogP contribution in [0.1, 0.15) is 16.7 Å². The van der Waals surface area contributed by atoms with E-state index in [-0.39, 0.29) is 0 Å². The van der Waals surface area contributed by atoms with Crippen molar-refractivity contribution in [1.29, 1.82) is 0 Å². The molecule has 2 heteroatoms. The topological polar surface area (TPSA) is 24.7 Å². The molecule has 0 amide bonds. The van der Waals surface area contributed by atoms with Gasteiger partial charge in [0.1, 0.15) is 0 Å². The van der Waals surface area contributed by atoms with Crippen LogP contribution in [0, 0.1) is 13.8 Å². The SMILES string of the molecule is Cc1cc(C)cc(N=CC2=Nc3c(-c4ccccc4)ccc(-c4ccccc4)c3C2)c1. The Bertz CT molecular complexity index is 1280. The van der Waals surface area contributed by atoms with Crippen LogP contribution in [0.3, 0.4) is 0 Å². The first kappa shape index (κ1) is 19.2. The summed E-state index contributed by atoms with van der Waals surface area (Å²) in [5, 5.41) is 0. The van der Waals surface area contributed by atoms with Gasteiger partial charge in [0.25, 0.3) is 0 Å². The fourth-order valence-corrected chi connectivity index (χ4v) is 4.29. The van der Waals surface area contributed by atoms with Gasteiger partial charge in [-0.15, -0.1) is 0 Å². The van der Waals surface area contributed by atoms with Gasteiger partial charge in [0.2, 0.25) is 0 Å². The van der Waals surface area contributed by atoms with Crippen LogP contribution in [0.25, 0.3) is 22.3 Å². The third-order valence-electron chi connectivity index (χ3n) is 5.63. The molecule has 0 atom stereocenters. The van der Waals surface area contributed by atoms with Gasteiger partial charge in [0.05, 0.1) is 17.1 Å². The van der Waals surface area contributed by atoms with Crippen molar-refractivity contribution in [2.24, 2.45) is 9.98 Å². The van der Waals surface area contributed by atoms with E-state index in [0.717, 1.165) is 23.5 Å². The molecule has 1 heterocycles. The summed E-state index contributed by atoms with van der Waals surface area (Å²) in [7, 11) is 0. The average molecular weight is 401 g/mol. The molecule has 0 saturated heterocycles. The van der Waals surface area contributed by atoms with Crippen molar-refractivity contribution in [2.45, 2.75) is 20.3 Å². The second kappa shape index (κ2) is 8.16. The van der Waals surface area contributed by atoms with Gasteiger partial charge in [-0.1, -0.05) is 78.9 Å². The number of hydrogen-bond donors (Lipinski definition) is 0. The molecule has 4 aromatic rings. The molecule has 0 aliphatic carbocycles. The maximum Gasteiger partial charge on any atom is 0.0754 e. The number of fused-ring (bicyclic) bond motifs is 1. The standard InChI is InChI=1S/C29H24N2/c1-20-15-21(2)17-24(16-20)30-19-25-18-28-26(22-9-5-3-6-10-22)13-14-27(29(28)31-25)23-11-7-4-8-12-23/h3-17,19H,18H2,1-2H3. The van der Waals surface area contributed by atoms with E-state index < -0.39 is 0 Å². The number of aliphatic imine (C=N–C) groups is 2. The van der Waals surface area contributed by atoms with E-state index >= 15 is 0 Å². The summed E-state index contributed by atoms with van der Waals surface area (Å²) in [6.45, 7) is 4.21. The van der Waals surface area contributed by atoms with Gasteiger partial charge in [-0.05, 0) is 59.4 Å². The molecule has 1 aliphatic heterocycles. The van der Waals surface area contributed by atoms with Crippen LogP contribution < -0.4 is 0 Å². The van der Waals surface area contributed by atoms with Crippen molar-refractivity contribution in [1.82, 2.24) is 0 Å². The van der Waals surface area contributed by atoms with Gasteiger partial charge >= 0.3 is 0 Å². The molecular formula is C29H24N2. The van der Waals surface area contributed by atoms with E-state index in [1.165, 1.54) is 38.9 Å². The monoisotopic (exact) mass is 400 g/mol. The lowest BCUT2D eigenvalue weighted by atomic mass is 9.92. The van der Waals surface area contributed by atoms with Gasteiger partial charge in [-0.3, -0.25) is 9.98 Å². The molecule has 0 saturated carbocycles. The molecule has 1 aliphatic rings. The largest absolute Gasteiger partial charge is 0.255 e. The minimum atomic E-state index is 0.786. The first-order chi connectivity index (χ1) is 15.2. The molecule has 0 unspecified atom stereocenters. The molecule has 0 bridgehead atoms. The second-order valence-electron chi connectivity index (χ2n) is 8.10. The lowest BCUT2D eigenvalue weighted by Gasteiger charge is -2.12. The molecule has 2 nitrogen and oxygen atoms in total. The highest BCUT2D eigenvalue weighted by Crippen LogP contribution is 2.42. The van der Waals surface area contributed by atoms with E-state index in [4.69, 9.17) is 9.98 Å². The zero-order valence-electron chi connectivity index (χ0n) is 17.8. The first-order valence-corrected chi connectivity index (χ1v) is 10.6. The molecule has 0 radical (unpaired) electrons. The predicted octanol–water partition coefficient (Wildman–Crippen LogP) is 7.67. The molecule has 31 heavy (non-hydrogen) atoms. The van der Waals surface area contributed by atoms with Crippen LogP contribution >= 0.6 is 0 Å². The van der Waals surface area contributed by atoms with Crippen LogP contribution in [-0.2, 0) is 6.42 Å². The molecule has 5 rings (SSSR count). The van der Waals surface area contributed by atoms with Crippen molar-refractivity contribution < 1.29 is 0 Å². The zero-order chi connectivity index (χ0) is 21.2. The molecule has 0 fully saturated rings. The Morgan fingerprint density at radius 1 is 0.710 bits per heavy atom. The Morgan fingerprint density at radius 3 is 1.94 bits per heavy atom. The molecule has 4 aromatic carbocycles. The summed E-state index contributed by atoms with van der Waals surface area (Å²) in [5.74, 6) is 0. The van der Waals surface area contributed by atoms with E-state index in [9.17, 15) is 0 Å². The molecule has 0 N–H and O–H groups in total. The highest BCUT2D eigenvalue weighted by Gasteiger charge is 2.22. The van der Waals surface area contributed by atoms with E-state index in [1.54, 1.807) is 0 Å². The summed E-state index contributed by atoms with van der Waals surface area (Å²) in [4.78, 5) is 9.78. The predicted molar refractivity (Wildman–Crippen MR) is 132 cm³/mol. The normalized spacial score (nSPS) is 12.8. The van der Waals surface area contributed by atoms with Crippen molar-refractivity contribution in [3.63, 3.8) is 0 Å². The van der Waals surface area contributed by atoms with Gasteiger partial charge in [-0.25, -0.2) is 0 Å². The lowest BCUT2D eigenvalue weighted by molar-refractivity contribution is 1.36. The average Bonchev–Trinajstić information content (AvgIpc) is 3.22. The summed E-state index contributed by atoms with van der Waals surface area (Å²) < 4.78 is 0. The van der Waals surface area contributed by atoms with Crippen LogP contribution in [0.15, 0.2) is 101 Å². The van der Waals surface area contributed by atoms with E-state index in [0.29, 0.717) is 0 Å². The quantitative estimate of drug-likeness (QED) is 0.314.